The Hall–Kier alpha value is -2.89. The average molecular weight is 386 g/mol. The molecule has 0 bridgehead atoms. The fraction of sp³-hybridized carbons (Fsp3) is 0.364. The number of benzene rings is 2. The Bertz CT molecular complexity index is 867. The number of rotatable bonds is 6. The Labute approximate surface area is 164 Å². The Morgan fingerprint density at radius 3 is 2.18 bits per heavy atom. The number of carbonyl (C=O) groups is 2. The lowest BCUT2D eigenvalue weighted by Crippen LogP contribution is -2.39. The summed E-state index contributed by atoms with van der Waals surface area (Å²) in [5.74, 6) is -1.43. The van der Waals surface area contributed by atoms with Crippen LogP contribution in [-0.4, -0.2) is 11.9 Å². The summed E-state index contributed by atoms with van der Waals surface area (Å²) >= 11 is 0. The van der Waals surface area contributed by atoms with Crippen molar-refractivity contribution >= 4 is 17.6 Å². The summed E-state index contributed by atoms with van der Waals surface area (Å²) in [5, 5.41) is 13.7. The minimum atomic E-state index is -1.12. The van der Waals surface area contributed by atoms with Crippen molar-refractivity contribution in [3.8, 4) is 11.5 Å². The van der Waals surface area contributed by atoms with Gasteiger partial charge in [0.2, 0.25) is 5.91 Å². The molecule has 5 nitrogen and oxygen atoms in total. The molecule has 6 heteroatoms. The van der Waals surface area contributed by atoms with E-state index in [0.717, 1.165) is 5.56 Å². The number of nitrogens with one attached hydrogen (secondary N) is 1. The maximum Gasteiger partial charge on any atom is 0.229 e. The summed E-state index contributed by atoms with van der Waals surface area (Å²) in [4.78, 5) is 23.4. The SMILES string of the molecule is CC(C)(C)C(=O)Nc1c(F)cccc1Oc1ccc(CC(C)(C)C(=O)[O-])cc1. The molecular formula is C22H25FNO4-. The van der Waals surface area contributed by atoms with Crippen molar-refractivity contribution in [3.05, 3.63) is 53.8 Å². The van der Waals surface area contributed by atoms with Gasteiger partial charge in [0, 0.05) is 16.8 Å². The Balaban J connectivity index is 2.21. The van der Waals surface area contributed by atoms with Gasteiger partial charge in [0.25, 0.3) is 0 Å². The van der Waals surface area contributed by atoms with Crippen molar-refractivity contribution in [2.45, 2.75) is 41.0 Å². The molecule has 1 amide bonds. The maximum atomic E-state index is 14.3. The molecule has 0 saturated heterocycles. The van der Waals surface area contributed by atoms with E-state index in [4.69, 9.17) is 4.74 Å². The number of amides is 1. The van der Waals surface area contributed by atoms with Crippen molar-refractivity contribution in [1.29, 1.82) is 0 Å². The van der Waals surface area contributed by atoms with Gasteiger partial charge >= 0.3 is 0 Å². The summed E-state index contributed by atoms with van der Waals surface area (Å²) in [6.07, 6.45) is 0.308. The van der Waals surface area contributed by atoms with Gasteiger partial charge in [-0.1, -0.05) is 52.8 Å². The average Bonchev–Trinajstić information content (AvgIpc) is 2.58. The second-order valence-corrected chi connectivity index (χ2v) is 8.41. The number of halogens is 1. The summed E-state index contributed by atoms with van der Waals surface area (Å²) in [6.45, 7) is 8.40. The highest BCUT2D eigenvalue weighted by molar-refractivity contribution is 5.96. The predicted molar refractivity (Wildman–Crippen MR) is 103 cm³/mol. The molecule has 0 saturated carbocycles. The van der Waals surface area contributed by atoms with Crippen LogP contribution >= 0.6 is 0 Å². The summed E-state index contributed by atoms with van der Waals surface area (Å²) in [5.41, 5.74) is -0.894. The molecule has 2 aromatic carbocycles. The summed E-state index contributed by atoms with van der Waals surface area (Å²) in [6, 6.07) is 11.1. The highest BCUT2D eigenvalue weighted by Crippen LogP contribution is 2.33. The van der Waals surface area contributed by atoms with Crippen LogP contribution in [0.2, 0.25) is 0 Å². The van der Waals surface area contributed by atoms with Gasteiger partial charge < -0.3 is 20.0 Å². The first-order chi connectivity index (χ1) is 12.9. The first-order valence-electron chi connectivity index (χ1n) is 8.98. The van der Waals surface area contributed by atoms with Crippen molar-refractivity contribution < 1.29 is 23.8 Å². The van der Waals surface area contributed by atoms with Crippen LogP contribution in [0.1, 0.15) is 40.2 Å². The lowest BCUT2D eigenvalue weighted by molar-refractivity contribution is -0.317. The van der Waals surface area contributed by atoms with E-state index in [1.807, 2.05) is 0 Å². The molecule has 0 aliphatic heterocycles. The van der Waals surface area contributed by atoms with E-state index in [2.05, 4.69) is 5.32 Å². The zero-order valence-electron chi connectivity index (χ0n) is 16.8. The van der Waals surface area contributed by atoms with Crippen LogP contribution in [0.4, 0.5) is 10.1 Å². The maximum absolute atomic E-state index is 14.3. The lowest BCUT2D eigenvalue weighted by atomic mass is 9.86. The number of carbonyl (C=O) groups excluding carboxylic acids is 2. The minimum Gasteiger partial charge on any atom is -0.550 e. The van der Waals surface area contributed by atoms with Crippen molar-refractivity contribution in [2.75, 3.05) is 5.32 Å². The normalized spacial score (nSPS) is 11.8. The van der Waals surface area contributed by atoms with Gasteiger partial charge in [-0.25, -0.2) is 4.39 Å². The van der Waals surface area contributed by atoms with Crippen LogP contribution in [0.3, 0.4) is 0 Å². The molecule has 0 aromatic heterocycles. The standard InChI is InChI=1S/C22H26FNO4/c1-21(2,3)19(25)24-18-16(23)7-6-8-17(18)28-15-11-9-14(10-12-15)13-22(4,5)20(26)27/h6-12H,13H2,1-5H3,(H,24,25)(H,26,27)/p-1. The van der Waals surface area contributed by atoms with E-state index >= 15 is 0 Å². The first-order valence-corrected chi connectivity index (χ1v) is 8.98. The molecule has 0 aliphatic carbocycles. The zero-order chi connectivity index (χ0) is 21.1. The van der Waals surface area contributed by atoms with Gasteiger partial charge in [0.1, 0.15) is 11.4 Å². The zero-order valence-corrected chi connectivity index (χ0v) is 16.8. The molecular weight excluding hydrogens is 361 g/mol. The smallest absolute Gasteiger partial charge is 0.229 e. The molecule has 0 fully saturated rings. The number of para-hydroxylation sites is 1. The highest BCUT2D eigenvalue weighted by atomic mass is 19.1. The number of ether oxygens (including phenoxy) is 1. The van der Waals surface area contributed by atoms with Gasteiger partial charge in [0.05, 0.1) is 0 Å². The van der Waals surface area contributed by atoms with Crippen LogP contribution in [0.5, 0.6) is 11.5 Å². The largest absolute Gasteiger partial charge is 0.550 e. The number of carboxylic acid groups (broad SMARTS) is 1. The molecule has 150 valence electrons. The third-order valence-corrected chi connectivity index (χ3v) is 4.24. The van der Waals surface area contributed by atoms with Crippen LogP contribution in [0.25, 0.3) is 0 Å². The number of aliphatic carboxylic acids is 1. The molecule has 28 heavy (non-hydrogen) atoms. The van der Waals surface area contributed by atoms with E-state index in [-0.39, 0.29) is 17.3 Å². The summed E-state index contributed by atoms with van der Waals surface area (Å²) < 4.78 is 20.0. The molecule has 2 rings (SSSR count). The Morgan fingerprint density at radius 2 is 1.64 bits per heavy atom. The number of carboxylic acids is 1. The van der Waals surface area contributed by atoms with Gasteiger partial charge in [0.15, 0.2) is 11.6 Å². The molecule has 0 atom stereocenters. The van der Waals surface area contributed by atoms with E-state index < -0.39 is 22.6 Å². The fourth-order valence-corrected chi connectivity index (χ4v) is 2.40. The second-order valence-electron chi connectivity index (χ2n) is 8.41. The monoisotopic (exact) mass is 386 g/mol. The molecule has 0 unspecified atom stereocenters. The molecule has 0 radical (unpaired) electrons. The third-order valence-electron chi connectivity index (χ3n) is 4.24. The van der Waals surface area contributed by atoms with Crippen molar-refractivity contribution in [1.82, 2.24) is 0 Å². The van der Waals surface area contributed by atoms with Crippen molar-refractivity contribution in [3.63, 3.8) is 0 Å². The molecule has 0 spiro atoms. The summed E-state index contributed by atoms with van der Waals surface area (Å²) in [7, 11) is 0. The van der Waals surface area contributed by atoms with E-state index in [1.165, 1.54) is 12.1 Å². The van der Waals surface area contributed by atoms with E-state index in [9.17, 15) is 19.1 Å². The van der Waals surface area contributed by atoms with Crippen LogP contribution in [0, 0.1) is 16.6 Å². The van der Waals surface area contributed by atoms with Crippen LogP contribution in [-0.2, 0) is 16.0 Å². The van der Waals surface area contributed by atoms with Crippen LogP contribution < -0.4 is 15.2 Å². The first kappa shape index (κ1) is 21.4. The van der Waals surface area contributed by atoms with Gasteiger partial charge in [-0.2, -0.15) is 0 Å². The highest BCUT2D eigenvalue weighted by Gasteiger charge is 2.24. The van der Waals surface area contributed by atoms with Gasteiger partial charge in [-0.05, 0) is 36.2 Å². The van der Waals surface area contributed by atoms with Crippen molar-refractivity contribution in [2.24, 2.45) is 10.8 Å². The molecule has 1 N–H and O–H groups in total. The van der Waals surface area contributed by atoms with E-state index in [1.54, 1.807) is 65.0 Å². The van der Waals surface area contributed by atoms with Gasteiger partial charge in [-0.3, -0.25) is 4.79 Å². The fourth-order valence-electron chi connectivity index (χ4n) is 2.40. The Morgan fingerprint density at radius 1 is 1.04 bits per heavy atom. The lowest BCUT2D eigenvalue weighted by Gasteiger charge is -2.25. The molecule has 2 aromatic rings. The minimum absolute atomic E-state index is 0.0235. The number of hydrogen-bond donors (Lipinski definition) is 1. The van der Waals surface area contributed by atoms with Gasteiger partial charge in [-0.15, -0.1) is 0 Å². The quantitative estimate of drug-likeness (QED) is 0.816. The predicted octanol–water partition coefficient (Wildman–Crippen LogP) is 3.92. The third kappa shape index (κ3) is 5.31. The second kappa shape index (κ2) is 8.00. The topological polar surface area (TPSA) is 78.5 Å². The number of anilines is 1. The van der Waals surface area contributed by atoms with E-state index in [0.29, 0.717) is 12.2 Å². The van der Waals surface area contributed by atoms with Crippen LogP contribution in [0.15, 0.2) is 42.5 Å². The molecule has 0 aliphatic rings. The molecule has 0 heterocycles. The number of hydrogen-bond acceptors (Lipinski definition) is 4. The Kier molecular flexibility index (Phi) is 6.12.